The van der Waals surface area contributed by atoms with Gasteiger partial charge in [-0.1, -0.05) is 0 Å². The van der Waals surface area contributed by atoms with Crippen molar-refractivity contribution < 1.29 is 9.84 Å². The highest BCUT2D eigenvalue weighted by Crippen LogP contribution is 2.29. The van der Waals surface area contributed by atoms with Crippen LogP contribution < -0.4 is 4.74 Å². The van der Waals surface area contributed by atoms with Gasteiger partial charge < -0.3 is 9.84 Å². The average molecular weight is 163 g/mol. The number of phenols is 1. The molecule has 0 radical (unpaired) electrons. The molecule has 0 unspecified atom stereocenters. The van der Waals surface area contributed by atoms with E-state index in [4.69, 9.17) is 10.00 Å². The summed E-state index contributed by atoms with van der Waals surface area (Å²) in [6.45, 7) is 1.70. The molecule has 0 fully saturated rings. The van der Waals surface area contributed by atoms with Crippen LogP contribution in [0.25, 0.3) is 0 Å². The third-order valence-corrected chi connectivity index (χ3v) is 1.72. The number of benzene rings is 1. The van der Waals surface area contributed by atoms with Crippen LogP contribution >= 0.6 is 0 Å². The maximum Gasteiger partial charge on any atom is 0.139 e. The molecule has 3 heteroatoms. The van der Waals surface area contributed by atoms with E-state index in [1.54, 1.807) is 13.0 Å². The Morgan fingerprint density at radius 3 is 2.67 bits per heavy atom. The highest BCUT2D eigenvalue weighted by Gasteiger charge is 2.07. The van der Waals surface area contributed by atoms with Crippen molar-refractivity contribution in [1.29, 1.82) is 5.26 Å². The summed E-state index contributed by atoms with van der Waals surface area (Å²) in [5.41, 5.74) is 0.866. The van der Waals surface area contributed by atoms with Crippen molar-refractivity contribution >= 4 is 0 Å². The normalized spacial score (nSPS) is 9.08. The number of methoxy groups -OCH3 is 1. The van der Waals surface area contributed by atoms with Crippen LogP contribution in [-0.2, 0) is 0 Å². The minimum absolute atomic E-state index is 0.00292. The van der Waals surface area contributed by atoms with Gasteiger partial charge in [-0.2, -0.15) is 5.26 Å². The quantitative estimate of drug-likeness (QED) is 0.683. The van der Waals surface area contributed by atoms with Crippen LogP contribution in [0.3, 0.4) is 0 Å². The van der Waals surface area contributed by atoms with E-state index < -0.39 is 0 Å². The molecule has 0 amide bonds. The standard InChI is InChI=1S/C9H9NO2/c1-6-8(12-2)4-3-7(5-10)9(6)11/h3-4,11H,1-2H3. The van der Waals surface area contributed by atoms with Crippen molar-refractivity contribution in [2.45, 2.75) is 6.92 Å². The molecule has 0 bridgehead atoms. The summed E-state index contributed by atoms with van der Waals surface area (Å²) in [5.74, 6) is 0.586. The molecular formula is C9H9NO2. The number of phenolic OH excluding ortho intramolecular Hbond substituents is 1. The molecule has 12 heavy (non-hydrogen) atoms. The second-order valence-electron chi connectivity index (χ2n) is 2.40. The molecule has 3 nitrogen and oxygen atoms in total. The molecule has 0 atom stereocenters. The van der Waals surface area contributed by atoms with E-state index in [-0.39, 0.29) is 11.3 Å². The van der Waals surface area contributed by atoms with Crippen LogP contribution in [-0.4, -0.2) is 12.2 Å². The Morgan fingerprint density at radius 1 is 1.50 bits per heavy atom. The zero-order valence-electron chi connectivity index (χ0n) is 6.96. The van der Waals surface area contributed by atoms with Gasteiger partial charge in [-0.15, -0.1) is 0 Å². The van der Waals surface area contributed by atoms with E-state index in [2.05, 4.69) is 0 Å². The number of nitrogens with zero attached hydrogens (tertiary/aromatic N) is 1. The molecule has 0 spiro atoms. The van der Waals surface area contributed by atoms with Crippen molar-refractivity contribution in [3.8, 4) is 17.6 Å². The summed E-state index contributed by atoms with van der Waals surface area (Å²) < 4.78 is 4.96. The first-order valence-electron chi connectivity index (χ1n) is 3.47. The number of hydrogen-bond donors (Lipinski definition) is 1. The molecule has 0 heterocycles. The molecule has 62 valence electrons. The second-order valence-corrected chi connectivity index (χ2v) is 2.40. The summed E-state index contributed by atoms with van der Waals surface area (Å²) in [4.78, 5) is 0. The first-order chi connectivity index (χ1) is 5.70. The van der Waals surface area contributed by atoms with Gasteiger partial charge in [0.1, 0.15) is 17.6 Å². The summed E-state index contributed by atoms with van der Waals surface area (Å²) in [6, 6.07) is 5.07. The Hall–Kier alpha value is -1.69. The summed E-state index contributed by atoms with van der Waals surface area (Å²) >= 11 is 0. The topological polar surface area (TPSA) is 53.2 Å². The monoisotopic (exact) mass is 163 g/mol. The maximum atomic E-state index is 9.41. The molecule has 0 aliphatic rings. The number of hydrogen-bond acceptors (Lipinski definition) is 3. The van der Waals surface area contributed by atoms with Gasteiger partial charge in [-0.05, 0) is 19.1 Å². The zero-order valence-corrected chi connectivity index (χ0v) is 6.96. The van der Waals surface area contributed by atoms with Crippen LogP contribution in [0.5, 0.6) is 11.5 Å². The average Bonchev–Trinajstić information content (AvgIpc) is 2.10. The summed E-state index contributed by atoms with van der Waals surface area (Å²) in [7, 11) is 1.52. The number of ether oxygens (including phenoxy) is 1. The summed E-state index contributed by atoms with van der Waals surface area (Å²) in [6.07, 6.45) is 0. The van der Waals surface area contributed by atoms with Gasteiger partial charge in [-0.25, -0.2) is 0 Å². The zero-order chi connectivity index (χ0) is 9.14. The van der Waals surface area contributed by atoms with Crippen molar-refractivity contribution in [3.05, 3.63) is 23.3 Å². The highest BCUT2D eigenvalue weighted by molar-refractivity contribution is 5.53. The van der Waals surface area contributed by atoms with Crippen LogP contribution in [0.15, 0.2) is 12.1 Å². The Balaban J connectivity index is 3.32. The number of aromatic hydroxyl groups is 1. The Kier molecular flexibility index (Phi) is 2.20. The molecule has 1 aromatic rings. The number of nitriles is 1. The van der Waals surface area contributed by atoms with Crippen LogP contribution in [0.1, 0.15) is 11.1 Å². The second kappa shape index (κ2) is 3.14. The molecule has 0 aliphatic carbocycles. The van der Waals surface area contributed by atoms with Crippen LogP contribution in [0, 0.1) is 18.3 Å². The van der Waals surface area contributed by atoms with Crippen LogP contribution in [0.2, 0.25) is 0 Å². The minimum Gasteiger partial charge on any atom is -0.506 e. The molecular weight excluding hydrogens is 154 g/mol. The van der Waals surface area contributed by atoms with Crippen molar-refractivity contribution in [3.63, 3.8) is 0 Å². The predicted octanol–water partition coefficient (Wildman–Crippen LogP) is 1.58. The molecule has 1 rings (SSSR count). The van der Waals surface area contributed by atoms with Crippen molar-refractivity contribution in [1.82, 2.24) is 0 Å². The van der Waals surface area contributed by atoms with Gasteiger partial charge in [0.2, 0.25) is 0 Å². The van der Waals surface area contributed by atoms with E-state index in [0.29, 0.717) is 11.3 Å². The first kappa shape index (κ1) is 8.41. The smallest absolute Gasteiger partial charge is 0.139 e. The molecule has 0 aliphatic heterocycles. The van der Waals surface area contributed by atoms with Crippen molar-refractivity contribution in [2.75, 3.05) is 7.11 Å². The Labute approximate surface area is 70.8 Å². The lowest BCUT2D eigenvalue weighted by Crippen LogP contribution is -1.88. The fourth-order valence-corrected chi connectivity index (χ4v) is 0.993. The fourth-order valence-electron chi connectivity index (χ4n) is 0.993. The molecule has 0 aromatic heterocycles. The van der Waals surface area contributed by atoms with Gasteiger partial charge >= 0.3 is 0 Å². The van der Waals surface area contributed by atoms with Gasteiger partial charge in [0.25, 0.3) is 0 Å². The van der Waals surface area contributed by atoms with Gasteiger partial charge in [0.05, 0.1) is 12.7 Å². The molecule has 1 aromatic carbocycles. The van der Waals surface area contributed by atoms with Gasteiger partial charge in [0, 0.05) is 5.56 Å². The first-order valence-corrected chi connectivity index (χ1v) is 3.47. The lowest BCUT2D eigenvalue weighted by atomic mass is 10.1. The lowest BCUT2D eigenvalue weighted by molar-refractivity contribution is 0.402. The van der Waals surface area contributed by atoms with E-state index in [1.807, 2.05) is 6.07 Å². The van der Waals surface area contributed by atoms with Gasteiger partial charge in [-0.3, -0.25) is 0 Å². The van der Waals surface area contributed by atoms with E-state index in [0.717, 1.165) is 0 Å². The minimum atomic E-state index is -0.00292. The van der Waals surface area contributed by atoms with Crippen molar-refractivity contribution in [2.24, 2.45) is 0 Å². The highest BCUT2D eigenvalue weighted by atomic mass is 16.5. The SMILES string of the molecule is COc1ccc(C#N)c(O)c1C. The van der Waals surface area contributed by atoms with E-state index in [9.17, 15) is 5.11 Å². The number of rotatable bonds is 1. The Morgan fingerprint density at radius 2 is 2.17 bits per heavy atom. The van der Waals surface area contributed by atoms with Gasteiger partial charge in [0.15, 0.2) is 0 Å². The lowest BCUT2D eigenvalue weighted by Gasteiger charge is -2.06. The molecule has 1 N–H and O–H groups in total. The molecule has 0 saturated heterocycles. The third kappa shape index (κ3) is 1.19. The van der Waals surface area contributed by atoms with E-state index in [1.165, 1.54) is 13.2 Å². The summed E-state index contributed by atoms with van der Waals surface area (Å²) in [5, 5.41) is 18.0. The predicted molar refractivity (Wildman–Crippen MR) is 44.1 cm³/mol. The maximum absolute atomic E-state index is 9.41. The Bertz CT molecular complexity index is 339. The third-order valence-electron chi connectivity index (χ3n) is 1.72. The largest absolute Gasteiger partial charge is 0.506 e. The van der Waals surface area contributed by atoms with E-state index >= 15 is 0 Å². The molecule has 0 saturated carbocycles. The fraction of sp³-hybridized carbons (Fsp3) is 0.222. The van der Waals surface area contributed by atoms with Crippen LogP contribution in [0.4, 0.5) is 0 Å².